The van der Waals surface area contributed by atoms with Crippen LogP contribution in [0.1, 0.15) is 11.1 Å². The van der Waals surface area contributed by atoms with Crippen LogP contribution in [0.15, 0.2) is 48.7 Å². The number of hydrogen-bond acceptors (Lipinski definition) is 8. The maximum absolute atomic E-state index is 13.3. The Labute approximate surface area is 189 Å². The molecule has 2 aromatic heterocycles. The Balaban J connectivity index is 1.42. The lowest BCUT2D eigenvalue weighted by molar-refractivity contribution is 0.256. The van der Waals surface area contributed by atoms with E-state index in [0.717, 1.165) is 22.2 Å². The first kappa shape index (κ1) is 20.5. The van der Waals surface area contributed by atoms with Crippen molar-refractivity contribution in [2.75, 3.05) is 33.3 Å². The zero-order valence-corrected chi connectivity index (χ0v) is 17.8. The lowest BCUT2D eigenvalue weighted by Crippen LogP contribution is -2.47. The van der Waals surface area contributed by atoms with Crippen molar-refractivity contribution in [1.29, 1.82) is 0 Å². The van der Waals surface area contributed by atoms with E-state index >= 15 is 0 Å². The number of amides is 2. The number of aromatic nitrogens is 4. The van der Waals surface area contributed by atoms with E-state index in [1.54, 1.807) is 29.3 Å². The fraction of sp³-hybridized carbons (Fsp3) is 0.182. The van der Waals surface area contributed by atoms with E-state index in [2.05, 4.69) is 36.3 Å². The van der Waals surface area contributed by atoms with Gasteiger partial charge >= 0.3 is 6.03 Å². The van der Waals surface area contributed by atoms with E-state index in [9.17, 15) is 4.79 Å². The number of urea groups is 1. The SMILES string of the molecule is Cc1cc(NO)ccc1NC(=O)N1CC(Nc2nc(N)nc3[nH]ncc23)Cc2ccccc21. The minimum Gasteiger partial charge on any atom is -0.368 e. The van der Waals surface area contributed by atoms with E-state index < -0.39 is 0 Å². The van der Waals surface area contributed by atoms with Gasteiger partial charge in [-0.1, -0.05) is 18.2 Å². The van der Waals surface area contributed by atoms with Gasteiger partial charge in [0, 0.05) is 24.0 Å². The van der Waals surface area contributed by atoms with Crippen molar-refractivity contribution >= 4 is 45.9 Å². The summed E-state index contributed by atoms with van der Waals surface area (Å²) in [5.41, 5.74) is 12.4. The number of aryl methyl sites for hydroxylation is 1. The highest BCUT2D eigenvalue weighted by molar-refractivity contribution is 6.03. The van der Waals surface area contributed by atoms with Crippen LogP contribution in [0, 0.1) is 6.92 Å². The van der Waals surface area contributed by atoms with Crippen LogP contribution in [0.3, 0.4) is 0 Å². The van der Waals surface area contributed by atoms with Crippen LogP contribution in [0.2, 0.25) is 0 Å². The van der Waals surface area contributed by atoms with Gasteiger partial charge in [0.05, 0.1) is 17.3 Å². The number of carbonyl (C=O) groups is 1. The van der Waals surface area contributed by atoms with Crippen molar-refractivity contribution in [1.82, 2.24) is 20.2 Å². The highest BCUT2D eigenvalue weighted by Crippen LogP contribution is 2.30. The number of hydrogen-bond donors (Lipinski definition) is 6. The van der Waals surface area contributed by atoms with E-state index in [0.29, 0.717) is 35.8 Å². The Kier molecular flexibility index (Phi) is 5.15. The van der Waals surface area contributed by atoms with Gasteiger partial charge in [-0.2, -0.15) is 15.1 Å². The summed E-state index contributed by atoms with van der Waals surface area (Å²) in [6.45, 7) is 2.28. The summed E-state index contributed by atoms with van der Waals surface area (Å²) in [6.07, 6.45) is 2.35. The number of nitrogens with one attached hydrogen (secondary N) is 4. The number of para-hydroxylation sites is 1. The molecule has 1 atom stereocenters. The Morgan fingerprint density at radius 3 is 2.91 bits per heavy atom. The molecule has 0 spiro atoms. The molecule has 4 aromatic rings. The third-order valence-electron chi connectivity index (χ3n) is 5.66. The molecular weight excluding hydrogens is 422 g/mol. The highest BCUT2D eigenvalue weighted by Gasteiger charge is 2.29. The minimum absolute atomic E-state index is 0.111. The summed E-state index contributed by atoms with van der Waals surface area (Å²) >= 11 is 0. The predicted octanol–water partition coefficient (Wildman–Crippen LogP) is 3.12. The molecule has 11 nitrogen and oxygen atoms in total. The number of carbonyl (C=O) groups excluding carboxylic acids is 1. The van der Waals surface area contributed by atoms with Crippen LogP contribution < -0.4 is 26.7 Å². The maximum Gasteiger partial charge on any atom is 0.326 e. The second-order valence-corrected chi connectivity index (χ2v) is 7.92. The summed E-state index contributed by atoms with van der Waals surface area (Å²) in [5, 5.41) is 23.1. The van der Waals surface area contributed by atoms with Gasteiger partial charge in [-0.05, 0) is 48.7 Å². The lowest BCUT2D eigenvalue weighted by atomic mass is 9.98. The average molecular weight is 445 g/mol. The third kappa shape index (κ3) is 3.96. The molecule has 0 bridgehead atoms. The molecule has 0 aliphatic carbocycles. The zero-order chi connectivity index (χ0) is 22.9. The van der Waals surface area contributed by atoms with Crippen LogP contribution in [0.25, 0.3) is 11.0 Å². The minimum atomic E-state index is -0.252. The monoisotopic (exact) mass is 445 g/mol. The molecule has 7 N–H and O–H groups in total. The second kappa shape index (κ2) is 8.28. The van der Waals surface area contributed by atoms with Gasteiger partial charge in [0.25, 0.3) is 0 Å². The Bertz CT molecular complexity index is 1340. The maximum atomic E-state index is 13.3. The van der Waals surface area contributed by atoms with Crippen molar-refractivity contribution in [3.8, 4) is 0 Å². The van der Waals surface area contributed by atoms with Crippen molar-refractivity contribution in [3.63, 3.8) is 0 Å². The Hall–Kier alpha value is -4.38. The summed E-state index contributed by atoms with van der Waals surface area (Å²) in [4.78, 5) is 23.5. The molecule has 0 saturated heterocycles. The number of nitrogens with zero attached hydrogens (tertiary/aromatic N) is 4. The highest BCUT2D eigenvalue weighted by atomic mass is 16.5. The first-order valence-electron chi connectivity index (χ1n) is 10.4. The summed E-state index contributed by atoms with van der Waals surface area (Å²) in [5.74, 6) is 0.704. The third-order valence-corrected chi connectivity index (χ3v) is 5.66. The van der Waals surface area contributed by atoms with Crippen molar-refractivity contribution in [2.24, 2.45) is 0 Å². The molecule has 1 unspecified atom stereocenters. The molecule has 33 heavy (non-hydrogen) atoms. The van der Waals surface area contributed by atoms with E-state index in [4.69, 9.17) is 10.9 Å². The molecule has 11 heteroatoms. The smallest absolute Gasteiger partial charge is 0.326 e. The topological polar surface area (TPSA) is 157 Å². The van der Waals surface area contributed by atoms with Crippen molar-refractivity contribution in [3.05, 3.63) is 59.8 Å². The number of nitrogen functional groups attached to an aromatic ring is 1. The van der Waals surface area contributed by atoms with E-state index in [1.165, 1.54) is 0 Å². The molecule has 1 aliphatic rings. The van der Waals surface area contributed by atoms with Crippen molar-refractivity contribution < 1.29 is 10.0 Å². The predicted molar refractivity (Wildman–Crippen MR) is 127 cm³/mol. The van der Waals surface area contributed by atoms with Gasteiger partial charge in [0.1, 0.15) is 5.82 Å². The van der Waals surface area contributed by atoms with Gasteiger partial charge in [-0.25, -0.2) is 4.79 Å². The lowest BCUT2D eigenvalue weighted by Gasteiger charge is -2.35. The number of benzene rings is 2. The van der Waals surface area contributed by atoms with Crippen LogP contribution in [-0.2, 0) is 6.42 Å². The number of anilines is 5. The van der Waals surface area contributed by atoms with Gasteiger partial charge in [-0.15, -0.1) is 0 Å². The van der Waals surface area contributed by atoms with E-state index in [-0.39, 0.29) is 18.0 Å². The quantitative estimate of drug-likeness (QED) is 0.262. The van der Waals surface area contributed by atoms with Crippen LogP contribution in [0.5, 0.6) is 0 Å². The fourth-order valence-corrected chi connectivity index (χ4v) is 4.10. The molecule has 0 radical (unpaired) electrons. The number of aromatic amines is 1. The summed E-state index contributed by atoms with van der Waals surface area (Å²) in [6, 6.07) is 12.6. The second-order valence-electron chi connectivity index (χ2n) is 7.92. The summed E-state index contributed by atoms with van der Waals surface area (Å²) < 4.78 is 0. The first-order chi connectivity index (χ1) is 16.0. The Morgan fingerprint density at radius 2 is 2.09 bits per heavy atom. The first-order valence-corrected chi connectivity index (χ1v) is 10.4. The van der Waals surface area contributed by atoms with Gasteiger partial charge in [0.2, 0.25) is 5.95 Å². The number of fused-ring (bicyclic) bond motifs is 2. The van der Waals surface area contributed by atoms with Gasteiger partial charge < -0.3 is 16.4 Å². The standard InChI is InChI=1S/C22H23N9O2/c1-12-8-14(30-33)6-7-17(12)26-22(32)31-11-15(9-13-4-2-3-5-18(13)31)25-19-16-10-24-29-20(16)28-21(23)27-19/h2-8,10,15,30,33H,9,11H2,1H3,(H,26,32)(H4,23,24,25,27,28,29). The van der Waals surface area contributed by atoms with Crippen LogP contribution >= 0.6 is 0 Å². The molecule has 1 aliphatic heterocycles. The number of H-pyrrole nitrogens is 1. The number of rotatable bonds is 4. The van der Waals surface area contributed by atoms with Gasteiger partial charge in [-0.3, -0.25) is 20.7 Å². The Morgan fingerprint density at radius 1 is 1.24 bits per heavy atom. The normalized spacial score (nSPS) is 15.2. The number of nitrogens with two attached hydrogens (primary N) is 1. The van der Waals surface area contributed by atoms with Gasteiger partial charge in [0.15, 0.2) is 5.65 Å². The molecule has 0 saturated carbocycles. The van der Waals surface area contributed by atoms with Crippen LogP contribution in [-0.4, -0.2) is 44.0 Å². The fourth-order valence-electron chi connectivity index (χ4n) is 4.10. The van der Waals surface area contributed by atoms with Crippen molar-refractivity contribution in [2.45, 2.75) is 19.4 Å². The molecule has 2 aromatic carbocycles. The zero-order valence-electron chi connectivity index (χ0n) is 17.8. The molecular formula is C22H23N9O2. The molecule has 0 fully saturated rings. The molecule has 168 valence electrons. The molecule has 5 rings (SSSR count). The average Bonchev–Trinajstić information content (AvgIpc) is 3.28. The van der Waals surface area contributed by atoms with Crippen LogP contribution in [0.4, 0.5) is 33.6 Å². The molecule has 3 heterocycles. The molecule has 2 amide bonds. The summed E-state index contributed by atoms with van der Waals surface area (Å²) in [7, 11) is 0. The largest absolute Gasteiger partial charge is 0.368 e. The van der Waals surface area contributed by atoms with E-state index in [1.807, 2.05) is 31.2 Å².